The van der Waals surface area contributed by atoms with Crippen LogP contribution in [0.4, 0.5) is 11.6 Å². The summed E-state index contributed by atoms with van der Waals surface area (Å²) < 4.78 is 0. The third-order valence-electron chi connectivity index (χ3n) is 1.29. The highest BCUT2D eigenvalue weighted by atomic mass is 15.0. The molecule has 0 radical (unpaired) electrons. The Bertz CT molecular complexity index is 311. The van der Waals surface area contributed by atoms with Crippen LogP contribution in [0.25, 0.3) is 0 Å². The van der Waals surface area contributed by atoms with Gasteiger partial charge in [-0.1, -0.05) is 0 Å². The van der Waals surface area contributed by atoms with E-state index in [-0.39, 0.29) is 0 Å². The summed E-state index contributed by atoms with van der Waals surface area (Å²) in [5, 5.41) is 0. The van der Waals surface area contributed by atoms with Gasteiger partial charge in [-0.3, -0.25) is 4.98 Å². The molecule has 0 saturated heterocycles. The molecule has 0 aliphatic carbocycles. The zero-order chi connectivity index (χ0) is 10.2. The third-order valence-corrected chi connectivity index (χ3v) is 1.29. The van der Waals surface area contributed by atoms with Crippen LogP contribution >= 0.6 is 0 Å². The van der Waals surface area contributed by atoms with Gasteiger partial charge in [0.1, 0.15) is 0 Å². The minimum Gasteiger partial charge on any atom is -0.399 e. The average Bonchev–Trinajstić information content (AvgIpc) is 2.21. The highest BCUT2D eigenvalue weighted by molar-refractivity contribution is 5.33. The van der Waals surface area contributed by atoms with Gasteiger partial charge in [0, 0.05) is 30.5 Å². The van der Waals surface area contributed by atoms with Gasteiger partial charge in [-0.25, -0.2) is 9.97 Å². The minimum absolute atomic E-state index is 0.322. The van der Waals surface area contributed by atoms with Gasteiger partial charge in [0.25, 0.3) is 0 Å². The Hall–Kier alpha value is -2.17. The summed E-state index contributed by atoms with van der Waals surface area (Å²) in [6, 6.07) is 5.22. The van der Waals surface area contributed by atoms with Crippen LogP contribution in [0.3, 0.4) is 0 Å². The lowest BCUT2D eigenvalue weighted by Crippen LogP contribution is -1.90. The second-order valence-electron chi connectivity index (χ2n) is 2.39. The maximum atomic E-state index is 5.32. The molecule has 0 aliphatic heterocycles. The third kappa shape index (κ3) is 4.01. The number of aromatic nitrogens is 3. The fourth-order valence-corrected chi connectivity index (χ4v) is 0.674. The van der Waals surface area contributed by atoms with Crippen molar-refractivity contribution in [3.05, 3.63) is 43.0 Å². The van der Waals surface area contributed by atoms with E-state index in [0.717, 1.165) is 5.69 Å². The second-order valence-corrected chi connectivity index (χ2v) is 2.39. The van der Waals surface area contributed by atoms with Crippen molar-refractivity contribution in [2.45, 2.75) is 0 Å². The summed E-state index contributed by atoms with van der Waals surface area (Å²) in [5.41, 5.74) is 11.2. The van der Waals surface area contributed by atoms with Crippen LogP contribution in [0.5, 0.6) is 0 Å². The number of hydrogen-bond donors (Lipinski definition) is 2. The van der Waals surface area contributed by atoms with Crippen molar-refractivity contribution in [3.8, 4) is 0 Å². The predicted octanol–water partition coefficient (Wildman–Crippen LogP) is 0.723. The van der Waals surface area contributed by atoms with Crippen LogP contribution in [0.2, 0.25) is 0 Å². The van der Waals surface area contributed by atoms with E-state index < -0.39 is 0 Å². The molecule has 14 heavy (non-hydrogen) atoms. The number of hydrogen-bond acceptors (Lipinski definition) is 5. The Morgan fingerprint density at radius 2 is 1.43 bits per heavy atom. The number of rotatable bonds is 0. The van der Waals surface area contributed by atoms with Crippen LogP contribution in [-0.2, 0) is 0 Å². The first-order valence-electron chi connectivity index (χ1n) is 3.97. The van der Waals surface area contributed by atoms with Crippen molar-refractivity contribution in [2.24, 2.45) is 0 Å². The normalized spacial score (nSPS) is 8.57. The lowest BCUT2D eigenvalue weighted by molar-refractivity contribution is 1.19. The molecule has 2 aromatic heterocycles. The molecule has 0 aromatic carbocycles. The first-order valence-corrected chi connectivity index (χ1v) is 3.97. The van der Waals surface area contributed by atoms with Gasteiger partial charge in [-0.05, 0) is 18.2 Å². The van der Waals surface area contributed by atoms with E-state index in [4.69, 9.17) is 11.5 Å². The van der Waals surface area contributed by atoms with Crippen molar-refractivity contribution in [3.63, 3.8) is 0 Å². The van der Waals surface area contributed by atoms with Crippen molar-refractivity contribution < 1.29 is 0 Å². The Labute approximate surface area is 81.8 Å². The van der Waals surface area contributed by atoms with Gasteiger partial charge in [0.2, 0.25) is 5.95 Å². The van der Waals surface area contributed by atoms with Gasteiger partial charge in [-0.2, -0.15) is 0 Å². The molecule has 0 amide bonds. The van der Waals surface area contributed by atoms with Crippen molar-refractivity contribution in [1.29, 1.82) is 0 Å². The van der Waals surface area contributed by atoms with E-state index in [9.17, 15) is 0 Å². The molecular weight excluding hydrogens is 178 g/mol. The molecular formula is C9H11N5. The highest BCUT2D eigenvalue weighted by Gasteiger charge is 1.75. The first-order chi connectivity index (χ1) is 6.79. The molecule has 72 valence electrons. The van der Waals surface area contributed by atoms with Gasteiger partial charge < -0.3 is 11.5 Å². The molecule has 4 N–H and O–H groups in total. The summed E-state index contributed by atoms with van der Waals surface area (Å²) in [6.07, 6.45) is 6.52. The SMILES string of the molecule is Nc1ccncc1.Nc1ncccn1. The summed E-state index contributed by atoms with van der Waals surface area (Å²) in [7, 11) is 0. The Morgan fingerprint density at radius 3 is 1.71 bits per heavy atom. The van der Waals surface area contributed by atoms with E-state index in [2.05, 4.69) is 15.0 Å². The van der Waals surface area contributed by atoms with E-state index in [0.29, 0.717) is 5.95 Å². The zero-order valence-corrected chi connectivity index (χ0v) is 7.54. The van der Waals surface area contributed by atoms with Crippen molar-refractivity contribution >= 4 is 11.6 Å². The van der Waals surface area contributed by atoms with E-state index >= 15 is 0 Å². The molecule has 5 nitrogen and oxygen atoms in total. The quantitative estimate of drug-likeness (QED) is 0.637. The average molecular weight is 189 g/mol. The maximum Gasteiger partial charge on any atom is 0.219 e. The molecule has 0 aliphatic rings. The molecule has 5 heteroatoms. The molecule has 0 unspecified atom stereocenters. The minimum atomic E-state index is 0.322. The largest absolute Gasteiger partial charge is 0.399 e. The first kappa shape index (κ1) is 9.91. The molecule has 2 rings (SSSR count). The second kappa shape index (κ2) is 5.47. The summed E-state index contributed by atoms with van der Waals surface area (Å²) >= 11 is 0. The Kier molecular flexibility index (Phi) is 3.87. The Balaban J connectivity index is 0.000000140. The monoisotopic (exact) mass is 189 g/mol. The summed E-state index contributed by atoms with van der Waals surface area (Å²) in [6.45, 7) is 0. The number of nitrogens with zero attached hydrogens (tertiary/aromatic N) is 3. The molecule has 0 fully saturated rings. The number of pyridine rings is 1. The number of nitrogen functional groups attached to an aromatic ring is 2. The maximum absolute atomic E-state index is 5.32. The highest BCUT2D eigenvalue weighted by Crippen LogP contribution is 1.92. The topological polar surface area (TPSA) is 90.7 Å². The van der Waals surface area contributed by atoms with Crippen LogP contribution in [0, 0.1) is 0 Å². The van der Waals surface area contributed by atoms with E-state index in [1.165, 1.54) is 0 Å². The predicted molar refractivity (Wildman–Crippen MR) is 55.1 cm³/mol. The lowest BCUT2D eigenvalue weighted by Gasteiger charge is -1.83. The summed E-state index contributed by atoms with van der Waals surface area (Å²) in [5.74, 6) is 0.322. The molecule has 0 atom stereocenters. The van der Waals surface area contributed by atoms with Gasteiger partial charge in [0.05, 0.1) is 0 Å². The van der Waals surface area contributed by atoms with Crippen LogP contribution in [0.15, 0.2) is 43.0 Å². The van der Waals surface area contributed by atoms with Gasteiger partial charge >= 0.3 is 0 Å². The fourth-order valence-electron chi connectivity index (χ4n) is 0.674. The van der Waals surface area contributed by atoms with E-state index in [1.807, 2.05) is 0 Å². The standard InChI is InChI=1S/C5H6N2.C4H5N3/c6-5-1-3-7-4-2-5;5-4-6-2-1-3-7-4/h1-4H,(H2,6,7);1-3H,(H2,5,6,7). The number of nitrogens with two attached hydrogens (primary N) is 2. The zero-order valence-electron chi connectivity index (χ0n) is 7.54. The summed E-state index contributed by atoms with van der Waals surface area (Å²) in [4.78, 5) is 11.1. The van der Waals surface area contributed by atoms with Gasteiger partial charge in [-0.15, -0.1) is 0 Å². The molecule has 2 heterocycles. The van der Waals surface area contributed by atoms with Crippen LogP contribution in [-0.4, -0.2) is 15.0 Å². The number of anilines is 2. The van der Waals surface area contributed by atoms with Crippen LogP contribution in [0.1, 0.15) is 0 Å². The van der Waals surface area contributed by atoms with E-state index in [1.54, 1.807) is 43.0 Å². The lowest BCUT2D eigenvalue weighted by atomic mass is 10.4. The van der Waals surface area contributed by atoms with Crippen molar-refractivity contribution in [1.82, 2.24) is 15.0 Å². The van der Waals surface area contributed by atoms with Crippen molar-refractivity contribution in [2.75, 3.05) is 11.5 Å². The fraction of sp³-hybridized carbons (Fsp3) is 0. The molecule has 2 aromatic rings. The van der Waals surface area contributed by atoms with Crippen LogP contribution < -0.4 is 11.5 Å². The molecule has 0 saturated carbocycles. The molecule has 0 spiro atoms. The smallest absolute Gasteiger partial charge is 0.219 e. The molecule has 0 bridgehead atoms. The Morgan fingerprint density at radius 1 is 0.857 bits per heavy atom. The van der Waals surface area contributed by atoms with Gasteiger partial charge in [0.15, 0.2) is 0 Å².